The number of aryl methyl sites for hydroxylation is 2. The van der Waals surface area contributed by atoms with Crippen molar-refractivity contribution in [2.24, 2.45) is 7.05 Å². The normalized spacial score (nSPS) is 10.3. The third-order valence-electron chi connectivity index (χ3n) is 3.11. The second-order valence-electron chi connectivity index (χ2n) is 5.07. The number of rotatable bonds is 4. The van der Waals surface area contributed by atoms with Crippen molar-refractivity contribution in [2.45, 2.75) is 27.2 Å². The molecule has 2 rings (SSSR count). The molecule has 0 N–H and O–H groups in total. The molecule has 1 aromatic heterocycles. The first-order valence-corrected chi connectivity index (χ1v) is 7.31. The molecule has 0 aliphatic carbocycles. The average molecular weight is 273 g/mol. The molecule has 3 nitrogen and oxygen atoms in total. The minimum atomic E-state index is 1.03. The lowest BCUT2D eigenvalue weighted by Gasteiger charge is -2.08. The van der Waals surface area contributed by atoms with Gasteiger partial charge in [-0.25, -0.2) is 0 Å². The monoisotopic (exact) mass is 273 g/mol. The van der Waals surface area contributed by atoms with Crippen LogP contribution in [0.1, 0.15) is 25.1 Å². The fourth-order valence-corrected chi connectivity index (χ4v) is 2.02. The van der Waals surface area contributed by atoms with E-state index in [0.29, 0.717) is 0 Å². The van der Waals surface area contributed by atoms with Crippen molar-refractivity contribution in [1.29, 1.82) is 0 Å². The van der Waals surface area contributed by atoms with Crippen LogP contribution in [0.15, 0.2) is 30.3 Å². The Labute approximate surface area is 123 Å². The third-order valence-corrected chi connectivity index (χ3v) is 3.11. The van der Waals surface area contributed by atoms with Gasteiger partial charge in [0.05, 0.1) is 5.69 Å². The van der Waals surface area contributed by atoms with Gasteiger partial charge in [-0.1, -0.05) is 37.6 Å². The van der Waals surface area contributed by atoms with E-state index in [-0.39, 0.29) is 0 Å². The summed E-state index contributed by atoms with van der Waals surface area (Å²) in [6.45, 7) is 7.16. The molecule has 0 aliphatic heterocycles. The minimum absolute atomic E-state index is 1.03. The Morgan fingerprint density at radius 1 is 1.15 bits per heavy atom. The first kappa shape index (κ1) is 16.4. The van der Waals surface area contributed by atoms with E-state index < -0.39 is 0 Å². The standard InChI is InChI=1S/C15H21N3.C2H6/c1-12-6-5-7-13(10-12)15-11-14(18(4)16-15)8-9-17(2)3;1-2/h5-7,10-11H,8-9H2,1-4H3;1-2H3. The molecule has 0 amide bonds. The molecule has 0 saturated carbocycles. The lowest BCUT2D eigenvalue weighted by molar-refractivity contribution is 0.408. The summed E-state index contributed by atoms with van der Waals surface area (Å²) in [4.78, 5) is 2.19. The Balaban J connectivity index is 0.000000956. The SMILES string of the molecule is CC.Cc1cccc(-c2cc(CCN(C)C)n(C)n2)c1. The fourth-order valence-electron chi connectivity index (χ4n) is 2.02. The highest BCUT2D eigenvalue weighted by molar-refractivity contribution is 5.60. The Kier molecular flexibility index (Phi) is 6.46. The van der Waals surface area contributed by atoms with Gasteiger partial charge in [0.15, 0.2) is 0 Å². The molecular weight excluding hydrogens is 246 g/mol. The lowest BCUT2D eigenvalue weighted by Crippen LogP contribution is -2.16. The third kappa shape index (κ3) is 4.49. The van der Waals surface area contributed by atoms with Crippen LogP contribution >= 0.6 is 0 Å². The summed E-state index contributed by atoms with van der Waals surface area (Å²) in [6.07, 6.45) is 1.03. The number of benzene rings is 1. The molecule has 2 aromatic rings. The Morgan fingerprint density at radius 3 is 2.45 bits per heavy atom. The van der Waals surface area contributed by atoms with Gasteiger partial charge < -0.3 is 4.90 Å². The Morgan fingerprint density at radius 2 is 1.85 bits per heavy atom. The highest BCUT2D eigenvalue weighted by atomic mass is 15.3. The molecule has 20 heavy (non-hydrogen) atoms. The molecule has 0 atom stereocenters. The molecule has 0 saturated heterocycles. The van der Waals surface area contributed by atoms with Crippen molar-refractivity contribution in [3.8, 4) is 11.3 Å². The molecule has 110 valence electrons. The summed E-state index contributed by atoms with van der Waals surface area (Å²) < 4.78 is 1.99. The van der Waals surface area contributed by atoms with Gasteiger partial charge in [-0.2, -0.15) is 5.10 Å². The van der Waals surface area contributed by atoms with E-state index in [1.807, 2.05) is 25.6 Å². The van der Waals surface area contributed by atoms with Gasteiger partial charge in [0, 0.05) is 31.3 Å². The van der Waals surface area contributed by atoms with E-state index in [4.69, 9.17) is 0 Å². The van der Waals surface area contributed by atoms with Crippen LogP contribution in [0.5, 0.6) is 0 Å². The van der Waals surface area contributed by atoms with E-state index >= 15 is 0 Å². The van der Waals surface area contributed by atoms with Gasteiger partial charge in [0.1, 0.15) is 0 Å². The molecule has 0 radical (unpaired) electrons. The van der Waals surface area contributed by atoms with E-state index in [1.165, 1.54) is 16.8 Å². The highest BCUT2D eigenvalue weighted by Gasteiger charge is 2.07. The molecular formula is C17H27N3. The zero-order chi connectivity index (χ0) is 15.1. The summed E-state index contributed by atoms with van der Waals surface area (Å²) in [5.41, 5.74) is 4.81. The molecule has 0 spiro atoms. The molecule has 0 fully saturated rings. The maximum atomic E-state index is 4.60. The first-order chi connectivity index (χ1) is 9.56. The second-order valence-corrected chi connectivity index (χ2v) is 5.07. The molecule has 0 aliphatic rings. The predicted molar refractivity (Wildman–Crippen MR) is 87.0 cm³/mol. The lowest BCUT2D eigenvalue weighted by atomic mass is 10.1. The highest BCUT2D eigenvalue weighted by Crippen LogP contribution is 2.20. The van der Waals surface area contributed by atoms with E-state index in [9.17, 15) is 0 Å². The van der Waals surface area contributed by atoms with Crippen LogP contribution in [0.25, 0.3) is 11.3 Å². The number of aromatic nitrogens is 2. The van der Waals surface area contributed by atoms with Crippen molar-refractivity contribution in [2.75, 3.05) is 20.6 Å². The van der Waals surface area contributed by atoms with Crippen LogP contribution in [0.4, 0.5) is 0 Å². The number of nitrogens with zero attached hydrogens (tertiary/aromatic N) is 3. The van der Waals surface area contributed by atoms with Crippen LogP contribution in [0.2, 0.25) is 0 Å². The predicted octanol–water partition coefficient (Wildman–Crippen LogP) is 3.53. The van der Waals surface area contributed by atoms with Crippen molar-refractivity contribution in [3.63, 3.8) is 0 Å². The van der Waals surface area contributed by atoms with Crippen LogP contribution in [-0.4, -0.2) is 35.3 Å². The molecule has 3 heteroatoms. The van der Waals surface area contributed by atoms with Crippen molar-refractivity contribution < 1.29 is 0 Å². The molecule has 1 aromatic carbocycles. The summed E-state index contributed by atoms with van der Waals surface area (Å²) in [7, 11) is 6.21. The van der Waals surface area contributed by atoms with Crippen molar-refractivity contribution in [3.05, 3.63) is 41.6 Å². The quantitative estimate of drug-likeness (QED) is 0.850. The van der Waals surface area contributed by atoms with Gasteiger partial charge in [0.2, 0.25) is 0 Å². The maximum absolute atomic E-state index is 4.60. The van der Waals surface area contributed by atoms with E-state index in [1.54, 1.807) is 0 Å². The maximum Gasteiger partial charge on any atom is 0.0926 e. The number of likely N-dealkylation sites (N-methyl/N-ethyl adjacent to an activating group) is 1. The molecule has 0 bridgehead atoms. The van der Waals surface area contributed by atoms with Gasteiger partial charge in [0.25, 0.3) is 0 Å². The summed E-state index contributed by atoms with van der Waals surface area (Å²) in [6, 6.07) is 10.7. The van der Waals surface area contributed by atoms with Gasteiger partial charge >= 0.3 is 0 Å². The van der Waals surface area contributed by atoms with Crippen LogP contribution < -0.4 is 0 Å². The van der Waals surface area contributed by atoms with Gasteiger partial charge in [-0.3, -0.25) is 4.68 Å². The van der Waals surface area contributed by atoms with Crippen LogP contribution in [0.3, 0.4) is 0 Å². The van der Waals surface area contributed by atoms with Gasteiger partial charge in [-0.15, -0.1) is 0 Å². The topological polar surface area (TPSA) is 21.1 Å². The minimum Gasteiger partial charge on any atom is -0.309 e. The number of hydrogen-bond acceptors (Lipinski definition) is 2. The summed E-state index contributed by atoms with van der Waals surface area (Å²) >= 11 is 0. The number of hydrogen-bond donors (Lipinski definition) is 0. The van der Waals surface area contributed by atoms with Crippen molar-refractivity contribution >= 4 is 0 Å². The van der Waals surface area contributed by atoms with E-state index in [2.05, 4.69) is 61.3 Å². The van der Waals surface area contributed by atoms with E-state index in [0.717, 1.165) is 18.7 Å². The average Bonchev–Trinajstić information content (AvgIpc) is 2.80. The Bertz CT molecular complexity index is 527. The van der Waals surface area contributed by atoms with Crippen molar-refractivity contribution in [1.82, 2.24) is 14.7 Å². The summed E-state index contributed by atoms with van der Waals surface area (Å²) in [5, 5.41) is 4.60. The van der Waals surface area contributed by atoms with Gasteiger partial charge in [-0.05, 0) is 33.2 Å². The smallest absolute Gasteiger partial charge is 0.0926 e. The molecule has 1 heterocycles. The zero-order valence-electron chi connectivity index (χ0n) is 13.6. The van der Waals surface area contributed by atoms with Crippen LogP contribution in [0, 0.1) is 6.92 Å². The fraction of sp³-hybridized carbons (Fsp3) is 0.471. The Hall–Kier alpha value is -1.61. The summed E-state index contributed by atoms with van der Waals surface area (Å²) in [5.74, 6) is 0. The largest absolute Gasteiger partial charge is 0.309 e. The van der Waals surface area contributed by atoms with Crippen LogP contribution in [-0.2, 0) is 13.5 Å². The molecule has 0 unspecified atom stereocenters. The zero-order valence-corrected chi connectivity index (χ0v) is 13.6. The first-order valence-electron chi connectivity index (χ1n) is 7.31. The second kappa shape index (κ2) is 7.85.